The molecule has 1 spiro atoms. The first-order valence-corrected chi connectivity index (χ1v) is 10.8. The Kier molecular flexibility index (Phi) is 3.80. The topological polar surface area (TPSA) is 33.9 Å². The van der Waals surface area contributed by atoms with Crippen LogP contribution < -0.4 is 17.3 Å². The fourth-order valence-electron chi connectivity index (χ4n) is 9.44. The van der Waals surface area contributed by atoms with Crippen LogP contribution in [0.5, 0.6) is 0 Å². The highest BCUT2D eigenvalue weighted by Gasteiger charge is 2.75. The van der Waals surface area contributed by atoms with Crippen molar-refractivity contribution in [1.29, 1.82) is 0 Å². The van der Waals surface area contributed by atoms with Crippen LogP contribution in [0.4, 0.5) is 0 Å². The Morgan fingerprint density at radius 3 is 2.81 bits per heavy atom. The molecule has 26 heavy (non-hydrogen) atoms. The van der Waals surface area contributed by atoms with Gasteiger partial charge in [0.05, 0.1) is 18.1 Å². The number of aliphatic hydroxyl groups is 1. The second kappa shape index (κ2) is 5.49. The van der Waals surface area contributed by atoms with Gasteiger partial charge >= 0.3 is 0 Å². The molecule has 0 amide bonds. The van der Waals surface area contributed by atoms with E-state index in [0.29, 0.717) is 28.9 Å². The molecule has 5 saturated carbocycles. The normalized spacial score (nSPS) is 59.8. The minimum Gasteiger partial charge on any atom is -1.00 e. The summed E-state index contributed by atoms with van der Waals surface area (Å²) in [6, 6.07) is 0. The Morgan fingerprint density at radius 1 is 1.15 bits per heavy atom. The van der Waals surface area contributed by atoms with Gasteiger partial charge in [-0.1, -0.05) is 19.9 Å². The lowest BCUT2D eigenvalue weighted by molar-refractivity contribution is -0.953. The zero-order valence-corrected chi connectivity index (χ0v) is 16.9. The molecule has 7 aliphatic rings. The first-order valence-electron chi connectivity index (χ1n) is 10.8. The molecule has 2 aliphatic heterocycles. The second-order valence-electron chi connectivity index (χ2n) is 10.8. The van der Waals surface area contributed by atoms with Crippen molar-refractivity contribution in [1.82, 2.24) is 0 Å². The van der Waals surface area contributed by atoms with Gasteiger partial charge in [0.15, 0.2) is 6.23 Å². The lowest BCUT2D eigenvalue weighted by Crippen LogP contribution is -3.19. The smallest absolute Gasteiger partial charge is 0.198 e. The van der Waals surface area contributed by atoms with Crippen LogP contribution in [-0.4, -0.2) is 37.1 Å². The van der Waals surface area contributed by atoms with Crippen molar-refractivity contribution in [2.75, 3.05) is 19.7 Å². The summed E-state index contributed by atoms with van der Waals surface area (Å²) in [4.78, 5) is 1.74. The molecule has 2 N–H and O–H groups in total. The molecule has 0 aromatic heterocycles. The number of rotatable bonds is 0. The maximum absolute atomic E-state index is 11.3. The van der Waals surface area contributed by atoms with Crippen molar-refractivity contribution in [2.24, 2.45) is 34.0 Å². The van der Waals surface area contributed by atoms with E-state index < -0.39 is 0 Å². The van der Waals surface area contributed by atoms with Crippen LogP contribution in [0.2, 0.25) is 0 Å². The third-order valence-electron chi connectivity index (χ3n) is 10.2. The number of hydrogen-bond acceptors (Lipinski definition) is 2. The summed E-state index contributed by atoms with van der Waals surface area (Å²) in [5.41, 5.74) is 2.12. The molecule has 4 bridgehead atoms. The van der Waals surface area contributed by atoms with E-state index in [1.807, 2.05) is 0 Å². The Morgan fingerprint density at radius 2 is 1.96 bits per heavy atom. The number of fused-ring (bicyclic) bond motifs is 3. The van der Waals surface area contributed by atoms with Gasteiger partial charge in [-0.2, -0.15) is 0 Å². The van der Waals surface area contributed by atoms with Crippen molar-refractivity contribution < 1.29 is 27.2 Å². The third-order valence-corrected chi connectivity index (χ3v) is 10.2. The first kappa shape index (κ1) is 18.0. The molecule has 7 rings (SSSR count). The fourth-order valence-corrected chi connectivity index (χ4v) is 9.44. The van der Waals surface area contributed by atoms with Crippen LogP contribution in [-0.2, 0) is 4.74 Å². The maximum Gasteiger partial charge on any atom is 0.198 e. The van der Waals surface area contributed by atoms with E-state index in [9.17, 15) is 5.11 Å². The van der Waals surface area contributed by atoms with E-state index in [1.54, 1.807) is 4.90 Å². The number of piperidine rings is 1. The molecule has 5 aliphatic carbocycles. The van der Waals surface area contributed by atoms with Crippen LogP contribution in [0.25, 0.3) is 0 Å². The molecule has 146 valence electrons. The van der Waals surface area contributed by atoms with Gasteiger partial charge in [0, 0.05) is 10.8 Å². The van der Waals surface area contributed by atoms with Crippen molar-refractivity contribution in [2.45, 2.75) is 70.6 Å². The molecule has 2 unspecified atom stereocenters. The molecule has 3 nitrogen and oxygen atoms in total. The van der Waals surface area contributed by atoms with Crippen molar-refractivity contribution in [3.8, 4) is 0 Å². The summed E-state index contributed by atoms with van der Waals surface area (Å²) in [5, 5.41) is 11.3. The van der Waals surface area contributed by atoms with Gasteiger partial charge in [-0.25, -0.2) is 0 Å². The molecular weight excluding hydrogens is 346 g/mol. The average Bonchev–Trinajstić information content (AvgIpc) is 3.06. The van der Waals surface area contributed by atoms with Crippen LogP contribution in [0.15, 0.2) is 12.2 Å². The molecule has 2 heterocycles. The summed E-state index contributed by atoms with van der Waals surface area (Å²) < 4.78 is 6.52. The fraction of sp³-hybridized carbons (Fsp3) is 0.909. The first-order chi connectivity index (χ1) is 12.0. The summed E-state index contributed by atoms with van der Waals surface area (Å²) in [6.07, 6.45) is 10.6. The Hall–Kier alpha value is -0.0900. The number of hydrogen-bond donors (Lipinski definition) is 2. The van der Waals surface area contributed by atoms with E-state index in [1.165, 1.54) is 70.0 Å². The van der Waals surface area contributed by atoms with Crippen LogP contribution in [0.1, 0.15) is 58.3 Å². The third kappa shape index (κ3) is 1.83. The number of halogens is 1. The van der Waals surface area contributed by atoms with Crippen molar-refractivity contribution in [3.05, 3.63) is 12.2 Å². The molecule has 2 saturated heterocycles. The number of nitrogens with one attached hydrogen (secondary N) is 1. The van der Waals surface area contributed by atoms with Gasteiger partial charge in [0.2, 0.25) is 0 Å². The Balaban J connectivity index is 0.00000150. The van der Waals surface area contributed by atoms with Crippen molar-refractivity contribution >= 4 is 0 Å². The molecular formula is C22H34ClNO2. The highest BCUT2D eigenvalue weighted by Crippen LogP contribution is 2.73. The standard InChI is InChI=1S/C22H33NO2.ClH/c1-14-15-4-8-21(18(14)24)9-5-16-20(2)6-3-7-22(16,17(21)12-15)19-23(13-20)10-11-25-19;/h15-19,24H,1,3-13H2,2H3;1H/t15-,16+,17+,18+,19?,20-,21-,22-;/m0./s1. The molecule has 7 fully saturated rings. The Labute approximate surface area is 163 Å². The largest absolute Gasteiger partial charge is 1.00 e. The predicted octanol–water partition coefficient (Wildman–Crippen LogP) is -0.835. The van der Waals surface area contributed by atoms with E-state index in [-0.39, 0.29) is 23.9 Å². The van der Waals surface area contributed by atoms with E-state index in [4.69, 9.17) is 4.74 Å². The number of aliphatic hydroxyl groups excluding tert-OH is 1. The molecule has 4 heteroatoms. The van der Waals surface area contributed by atoms with E-state index >= 15 is 0 Å². The molecule has 0 radical (unpaired) electrons. The summed E-state index contributed by atoms with van der Waals surface area (Å²) in [5.74, 6) is 2.04. The van der Waals surface area contributed by atoms with Gasteiger partial charge in [-0.05, 0) is 68.3 Å². The van der Waals surface area contributed by atoms with Crippen LogP contribution >= 0.6 is 0 Å². The van der Waals surface area contributed by atoms with Crippen molar-refractivity contribution in [3.63, 3.8) is 0 Å². The average molecular weight is 380 g/mol. The minimum absolute atomic E-state index is 0. The summed E-state index contributed by atoms with van der Waals surface area (Å²) in [6.45, 7) is 10.4. The van der Waals surface area contributed by atoms with Gasteiger partial charge in [0.1, 0.15) is 13.2 Å². The molecule has 0 aromatic carbocycles. The second-order valence-corrected chi connectivity index (χ2v) is 10.8. The van der Waals surface area contributed by atoms with E-state index in [2.05, 4.69) is 13.5 Å². The van der Waals surface area contributed by atoms with Gasteiger partial charge in [0.25, 0.3) is 0 Å². The number of quaternary nitrogens is 1. The number of ether oxygens (including phenoxy) is 1. The lowest BCUT2D eigenvalue weighted by atomic mass is 9.34. The highest BCUT2D eigenvalue weighted by atomic mass is 35.5. The summed E-state index contributed by atoms with van der Waals surface area (Å²) >= 11 is 0. The quantitative estimate of drug-likeness (QED) is 0.538. The Bertz CT molecular complexity index is 640. The van der Waals surface area contributed by atoms with Gasteiger partial charge in [-0.3, -0.25) is 0 Å². The van der Waals surface area contributed by atoms with Crippen LogP contribution in [0, 0.1) is 34.0 Å². The van der Waals surface area contributed by atoms with Gasteiger partial charge < -0.3 is 27.2 Å². The van der Waals surface area contributed by atoms with E-state index in [0.717, 1.165) is 12.5 Å². The minimum atomic E-state index is -0.250. The SMILES string of the molecule is C=C1[C@H]2CC[C@@]3(CC[C@@H]4[C@@]5(C)CCC[C@@]4(C4OCC[NH+]4C5)[C@@H]3C2)[C@@H]1O.[Cl-]. The maximum atomic E-state index is 11.3. The zero-order chi connectivity index (χ0) is 17.0. The molecule has 0 aromatic rings. The van der Waals surface area contributed by atoms with Gasteiger partial charge in [-0.15, -0.1) is 0 Å². The highest BCUT2D eigenvalue weighted by molar-refractivity contribution is 5.27. The monoisotopic (exact) mass is 379 g/mol. The zero-order valence-electron chi connectivity index (χ0n) is 16.1. The summed E-state index contributed by atoms with van der Waals surface area (Å²) in [7, 11) is 0. The molecule has 9 atom stereocenters. The van der Waals surface area contributed by atoms with Crippen LogP contribution in [0.3, 0.4) is 0 Å². The predicted molar refractivity (Wildman–Crippen MR) is 96.0 cm³/mol. The lowest BCUT2D eigenvalue weighted by Gasteiger charge is -2.72.